The number of hydrogen-bond donors (Lipinski definition) is 1. The standard InChI is InChI=1S/C18H9F4N7O2/c19-10-1-4-13(24-7-10)27-14(30)8-28-16-9(5-23)6-25-29(16)15-11(17(28)31)2-3-12(26-15)18(20,21)22/h1-4,6-7H,8H2,(H,24,27,30). The van der Waals surface area contributed by atoms with Gasteiger partial charge in [0.2, 0.25) is 5.91 Å². The molecule has 0 aromatic carbocycles. The number of nitrogens with zero attached hydrogens (tertiary/aromatic N) is 6. The van der Waals surface area contributed by atoms with Crippen LogP contribution in [-0.4, -0.2) is 30.1 Å². The first-order chi connectivity index (χ1) is 14.7. The van der Waals surface area contributed by atoms with E-state index in [9.17, 15) is 32.4 Å². The van der Waals surface area contributed by atoms with E-state index in [1.165, 1.54) is 6.07 Å². The minimum atomic E-state index is -4.76. The number of amides is 1. The number of nitrogens with one attached hydrogen (secondary N) is 1. The molecule has 9 nitrogen and oxygen atoms in total. The molecule has 0 aliphatic rings. The molecule has 0 radical (unpaired) electrons. The predicted molar refractivity (Wildman–Crippen MR) is 97.3 cm³/mol. The third kappa shape index (κ3) is 3.54. The maximum Gasteiger partial charge on any atom is 0.433 e. The zero-order valence-corrected chi connectivity index (χ0v) is 15.2. The molecule has 4 rings (SSSR count). The number of rotatable bonds is 3. The van der Waals surface area contributed by atoms with Gasteiger partial charge in [0.15, 0.2) is 11.3 Å². The van der Waals surface area contributed by atoms with Crippen molar-refractivity contribution in [3.8, 4) is 6.07 Å². The van der Waals surface area contributed by atoms with Gasteiger partial charge in [0, 0.05) is 0 Å². The van der Waals surface area contributed by atoms with E-state index >= 15 is 0 Å². The maximum atomic E-state index is 13.1. The molecule has 0 saturated carbocycles. The number of fused-ring (bicyclic) bond motifs is 3. The SMILES string of the molecule is N#Cc1cnn2c3nc(C(F)(F)F)ccc3c(=O)n(CC(=O)Nc3ccc(F)cn3)c12. The molecule has 0 fully saturated rings. The summed E-state index contributed by atoms with van der Waals surface area (Å²) in [5, 5.41) is 15.3. The molecule has 0 aliphatic heterocycles. The fourth-order valence-corrected chi connectivity index (χ4v) is 2.93. The zero-order chi connectivity index (χ0) is 22.3. The lowest BCUT2D eigenvalue weighted by Crippen LogP contribution is -2.30. The Balaban J connectivity index is 1.86. The molecule has 0 spiro atoms. The molecule has 0 unspecified atom stereocenters. The average molecular weight is 431 g/mol. The van der Waals surface area contributed by atoms with Crippen LogP contribution in [0.2, 0.25) is 0 Å². The predicted octanol–water partition coefficient (Wildman–Crippen LogP) is 2.11. The largest absolute Gasteiger partial charge is 0.433 e. The lowest BCUT2D eigenvalue weighted by Gasteiger charge is -2.12. The summed E-state index contributed by atoms with van der Waals surface area (Å²) in [5.74, 6) is -1.34. The van der Waals surface area contributed by atoms with Crippen molar-refractivity contribution in [1.29, 1.82) is 5.26 Å². The number of halogens is 4. The van der Waals surface area contributed by atoms with Crippen LogP contribution in [0.25, 0.3) is 16.7 Å². The summed E-state index contributed by atoms with van der Waals surface area (Å²) >= 11 is 0. The minimum Gasteiger partial charge on any atom is -0.309 e. The van der Waals surface area contributed by atoms with Crippen molar-refractivity contribution in [2.45, 2.75) is 12.7 Å². The number of pyridine rings is 2. The van der Waals surface area contributed by atoms with Crippen molar-refractivity contribution < 1.29 is 22.4 Å². The van der Waals surface area contributed by atoms with E-state index in [1.807, 2.05) is 0 Å². The third-order valence-corrected chi connectivity index (χ3v) is 4.26. The van der Waals surface area contributed by atoms with Crippen molar-refractivity contribution in [2.75, 3.05) is 5.32 Å². The van der Waals surface area contributed by atoms with Gasteiger partial charge in [0.05, 0.1) is 17.8 Å². The second kappa shape index (κ2) is 7.17. The molecule has 1 N–H and O–H groups in total. The van der Waals surface area contributed by atoms with Crippen molar-refractivity contribution in [3.05, 3.63) is 64.1 Å². The Bertz CT molecular complexity index is 1430. The number of anilines is 1. The molecule has 13 heteroatoms. The fourth-order valence-electron chi connectivity index (χ4n) is 2.93. The first-order valence-corrected chi connectivity index (χ1v) is 8.49. The van der Waals surface area contributed by atoms with Crippen molar-refractivity contribution in [3.63, 3.8) is 0 Å². The number of aromatic nitrogens is 5. The van der Waals surface area contributed by atoms with E-state index in [1.54, 1.807) is 6.07 Å². The Morgan fingerprint density at radius 2 is 1.97 bits per heavy atom. The Labute approximate surface area is 169 Å². The molecule has 0 atom stereocenters. The highest BCUT2D eigenvalue weighted by Crippen LogP contribution is 2.28. The normalized spacial score (nSPS) is 11.6. The molecule has 1 amide bonds. The Morgan fingerprint density at radius 3 is 2.61 bits per heavy atom. The average Bonchev–Trinajstić information content (AvgIpc) is 3.16. The second-order valence-electron chi connectivity index (χ2n) is 6.27. The van der Waals surface area contributed by atoms with Gasteiger partial charge in [-0.25, -0.2) is 14.4 Å². The molecule has 4 aromatic heterocycles. The topological polar surface area (TPSA) is 118 Å². The van der Waals surface area contributed by atoms with Crippen LogP contribution in [0.5, 0.6) is 0 Å². The van der Waals surface area contributed by atoms with Crippen molar-refractivity contribution >= 4 is 28.4 Å². The highest BCUT2D eigenvalue weighted by Gasteiger charge is 2.33. The number of carbonyl (C=O) groups excluding carboxylic acids is 1. The Morgan fingerprint density at radius 1 is 1.19 bits per heavy atom. The summed E-state index contributed by atoms with van der Waals surface area (Å²) in [7, 11) is 0. The summed E-state index contributed by atoms with van der Waals surface area (Å²) in [6.07, 6.45) is -2.83. The van der Waals surface area contributed by atoms with Gasteiger partial charge in [-0.1, -0.05) is 0 Å². The second-order valence-corrected chi connectivity index (χ2v) is 6.27. The van der Waals surface area contributed by atoms with Crippen LogP contribution in [0.4, 0.5) is 23.4 Å². The van der Waals surface area contributed by atoms with E-state index in [2.05, 4.69) is 20.4 Å². The fraction of sp³-hybridized carbons (Fsp3) is 0.111. The first-order valence-electron chi connectivity index (χ1n) is 8.49. The summed E-state index contributed by atoms with van der Waals surface area (Å²) in [6.45, 7) is -0.612. The third-order valence-electron chi connectivity index (χ3n) is 4.26. The highest BCUT2D eigenvalue weighted by molar-refractivity contribution is 5.90. The molecule has 156 valence electrons. The Kier molecular flexibility index (Phi) is 4.61. The monoisotopic (exact) mass is 431 g/mol. The summed E-state index contributed by atoms with van der Waals surface area (Å²) in [6, 6.07) is 5.61. The van der Waals surface area contributed by atoms with Gasteiger partial charge in [-0.15, -0.1) is 0 Å². The molecule has 4 heterocycles. The zero-order valence-electron chi connectivity index (χ0n) is 15.2. The van der Waals surface area contributed by atoms with Gasteiger partial charge in [-0.05, 0) is 24.3 Å². The van der Waals surface area contributed by atoms with E-state index in [-0.39, 0.29) is 22.4 Å². The summed E-state index contributed by atoms with van der Waals surface area (Å²) < 4.78 is 53.9. The smallest absolute Gasteiger partial charge is 0.309 e. The molecular weight excluding hydrogens is 422 g/mol. The lowest BCUT2D eigenvalue weighted by atomic mass is 10.2. The molecule has 0 saturated heterocycles. The van der Waals surface area contributed by atoms with Gasteiger partial charge in [-0.2, -0.15) is 28.0 Å². The van der Waals surface area contributed by atoms with Crippen molar-refractivity contribution in [2.24, 2.45) is 0 Å². The summed E-state index contributed by atoms with van der Waals surface area (Å²) in [5.41, 5.74) is -2.84. The van der Waals surface area contributed by atoms with E-state index in [4.69, 9.17) is 0 Å². The number of carbonyl (C=O) groups is 1. The van der Waals surface area contributed by atoms with Gasteiger partial charge in [0.1, 0.15) is 35.5 Å². The number of alkyl halides is 3. The van der Waals surface area contributed by atoms with Crippen LogP contribution in [0, 0.1) is 17.1 Å². The molecule has 0 bridgehead atoms. The highest BCUT2D eigenvalue weighted by atomic mass is 19.4. The van der Waals surface area contributed by atoms with Gasteiger partial charge >= 0.3 is 6.18 Å². The quantitative estimate of drug-likeness (QED) is 0.497. The Hall–Kier alpha value is -4.34. The van der Waals surface area contributed by atoms with Crippen LogP contribution >= 0.6 is 0 Å². The lowest BCUT2D eigenvalue weighted by molar-refractivity contribution is -0.141. The van der Waals surface area contributed by atoms with E-state index < -0.39 is 41.3 Å². The van der Waals surface area contributed by atoms with E-state index in [0.29, 0.717) is 6.07 Å². The van der Waals surface area contributed by atoms with Gasteiger partial charge in [-0.3, -0.25) is 14.2 Å². The molecule has 31 heavy (non-hydrogen) atoms. The number of hydrogen-bond acceptors (Lipinski definition) is 6. The number of nitriles is 1. The summed E-state index contributed by atoms with van der Waals surface area (Å²) in [4.78, 5) is 32.5. The van der Waals surface area contributed by atoms with Gasteiger partial charge in [0.25, 0.3) is 5.56 Å². The first kappa shape index (κ1) is 20.0. The maximum absolute atomic E-state index is 13.1. The van der Waals surface area contributed by atoms with Crippen LogP contribution in [0.3, 0.4) is 0 Å². The van der Waals surface area contributed by atoms with Crippen LogP contribution < -0.4 is 10.9 Å². The van der Waals surface area contributed by atoms with Crippen LogP contribution in [0.1, 0.15) is 11.3 Å². The molecule has 0 aliphatic carbocycles. The van der Waals surface area contributed by atoms with Crippen LogP contribution in [0.15, 0.2) is 41.5 Å². The van der Waals surface area contributed by atoms with Crippen LogP contribution in [-0.2, 0) is 17.5 Å². The van der Waals surface area contributed by atoms with Crippen molar-refractivity contribution in [1.82, 2.24) is 24.1 Å². The van der Waals surface area contributed by atoms with Gasteiger partial charge < -0.3 is 5.32 Å². The molecule has 4 aromatic rings. The molecular formula is C18H9F4N7O2. The van der Waals surface area contributed by atoms with E-state index in [0.717, 1.165) is 33.6 Å². The minimum absolute atomic E-state index is 0.0155.